The Hall–Kier alpha value is -1.84. The molecule has 4 heteroatoms. The average Bonchev–Trinajstić information content (AvgIpc) is 3.18. The van der Waals surface area contributed by atoms with Gasteiger partial charge in [0.25, 0.3) is 0 Å². The van der Waals surface area contributed by atoms with Gasteiger partial charge in [-0.25, -0.2) is 0 Å². The molecule has 0 spiro atoms. The van der Waals surface area contributed by atoms with Crippen LogP contribution in [0.1, 0.15) is 44.2 Å². The number of aryl methyl sites for hydroxylation is 1. The lowest BCUT2D eigenvalue weighted by atomic mass is 9.76. The zero-order valence-corrected chi connectivity index (χ0v) is 14.1. The SMILES string of the molecule is Cc1cccc(C2(C(=O)N3CCC(C(=O)O)(C(C)C)C3)CC2)c1. The molecule has 1 amide bonds. The van der Waals surface area contributed by atoms with Gasteiger partial charge in [0, 0.05) is 13.1 Å². The Morgan fingerprint density at radius 3 is 2.39 bits per heavy atom. The van der Waals surface area contributed by atoms with Gasteiger partial charge < -0.3 is 10.0 Å². The van der Waals surface area contributed by atoms with Gasteiger partial charge >= 0.3 is 5.97 Å². The summed E-state index contributed by atoms with van der Waals surface area (Å²) in [4.78, 5) is 26.7. The highest BCUT2D eigenvalue weighted by molar-refractivity contribution is 5.92. The lowest BCUT2D eigenvalue weighted by Gasteiger charge is -2.30. The minimum Gasteiger partial charge on any atom is -0.481 e. The van der Waals surface area contributed by atoms with Gasteiger partial charge in [0.15, 0.2) is 0 Å². The Morgan fingerprint density at radius 2 is 1.91 bits per heavy atom. The largest absolute Gasteiger partial charge is 0.481 e. The van der Waals surface area contributed by atoms with Crippen LogP contribution in [0.5, 0.6) is 0 Å². The number of carbonyl (C=O) groups excluding carboxylic acids is 1. The van der Waals surface area contributed by atoms with Gasteiger partial charge in [-0.1, -0.05) is 43.7 Å². The molecule has 2 fully saturated rings. The first-order valence-corrected chi connectivity index (χ1v) is 8.42. The number of carbonyl (C=O) groups is 2. The molecule has 1 saturated heterocycles. The Balaban J connectivity index is 1.84. The van der Waals surface area contributed by atoms with Gasteiger partial charge in [-0.3, -0.25) is 9.59 Å². The van der Waals surface area contributed by atoms with E-state index in [2.05, 4.69) is 6.07 Å². The highest BCUT2D eigenvalue weighted by Gasteiger charge is 2.56. The van der Waals surface area contributed by atoms with E-state index in [1.165, 1.54) is 0 Å². The Bertz CT molecular complexity index is 648. The molecule has 4 nitrogen and oxygen atoms in total. The minimum absolute atomic E-state index is 0.0203. The number of likely N-dealkylation sites (tertiary alicyclic amines) is 1. The third kappa shape index (κ3) is 2.44. The van der Waals surface area contributed by atoms with Crippen LogP contribution in [0.2, 0.25) is 0 Å². The summed E-state index contributed by atoms with van der Waals surface area (Å²) in [6, 6.07) is 8.15. The number of aliphatic carboxylic acids is 1. The highest BCUT2D eigenvalue weighted by Crippen LogP contribution is 2.51. The molecule has 2 aliphatic rings. The molecule has 1 heterocycles. The molecule has 0 bridgehead atoms. The first kappa shape index (κ1) is 16.0. The van der Waals surface area contributed by atoms with Crippen LogP contribution in [-0.4, -0.2) is 35.0 Å². The van der Waals surface area contributed by atoms with Crippen LogP contribution in [0.25, 0.3) is 0 Å². The number of carboxylic acid groups (broad SMARTS) is 1. The maximum absolute atomic E-state index is 13.1. The van der Waals surface area contributed by atoms with Crippen molar-refractivity contribution in [2.45, 2.75) is 45.4 Å². The standard InChI is InChI=1S/C19H25NO3/c1-13(2)19(17(22)23)9-10-20(12-19)16(21)18(7-8-18)15-6-4-5-14(3)11-15/h4-6,11,13H,7-10,12H2,1-3H3,(H,22,23). The lowest BCUT2D eigenvalue weighted by molar-refractivity contribution is -0.151. The van der Waals surface area contributed by atoms with Crippen molar-refractivity contribution >= 4 is 11.9 Å². The van der Waals surface area contributed by atoms with Crippen molar-refractivity contribution < 1.29 is 14.7 Å². The maximum atomic E-state index is 13.1. The molecule has 0 radical (unpaired) electrons. The second kappa shape index (κ2) is 5.36. The van der Waals surface area contributed by atoms with Gasteiger partial charge in [-0.15, -0.1) is 0 Å². The monoisotopic (exact) mass is 315 g/mol. The smallest absolute Gasteiger partial charge is 0.311 e. The van der Waals surface area contributed by atoms with Crippen molar-refractivity contribution in [3.8, 4) is 0 Å². The van der Waals surface area contributed by atoms with Crippen LogP contribution in [0.4, 0.5) is 0 Å². The summed E-state index contributed by atoms with van der Waals surface area (Å²) in [6.45, 7) is 6.81. The van der Waals surface area contributed by atoms with E-state index in [4.69, 9.17) is 0 Å². The molecule has 1 atom stereocenters. The zero-order valence-electron chi connectivity index (χ0n) is 14.1. The number of carboxylic acids is 1. The minimum atomic E-state index is -0.793. The van der Waals surface area contributed by atoms with E-state index in [1.807, 2.05) is 39.0 Å². The summed E-state index contributed by atoms with van der Waals surface area (Å²) in [5.74, 6) is -0.637. The van der Waals surface area contributed by atoms with Crippen molar-refractivity contribution in [3.63, 3.8) is 0 Å². The summed E-state index contributed by atoms with van der Waals surface area (Å²) in [5, 5.41) is 9.67. The zero-order chi connectivity index (χ0) is 16.8. The molecular weight excluding hydrogens is 290 g/mol. The van der Waals surface area contributed by atoms with Gasteiger partial charge in [0.2, 0.25) is 5.91 Å². The molecule has 1 aromatic rings. The summed E-state index contributed by atoms with van der Waals surface area (Å²) >= 11 is 0. The van der Waals surface area contributed by atoms with Gasteiger partial charge in [-0.05, 0) is 37.7 Å². The van der Waals surface area contributed by atoms with Crippen molar-refractivity contribution in [3.05, 3.63) is 35.4 Å². The molecule has 1 saturated carbocycles. The first-order valence-electron chi connectivity index (χ1n) is 8.42. The number of hydrogen-bond donors (Lipinski definition) is 1. The third-order valence-electron chi connectivity index (χ3n) is 5.85. The molecule has 1 aliphatic carbocycles. The van der Waals surface area contributed by atoms with Crippen molar-refractivity contribution in [2.24, 2.45) is 11.3 Å². The summed E-state index contributed by atoms with van der Waals surface area (Å²) in [5.41, 5.74) is 1.04. The fourth-order valence-electron chi connectivity index (χ4n) is 3.90. The lowest BCUT2D eigenvalue weighted by Crippen LogP contribution is -2.43. The fraction of sp³-hybridized carbons (Fsp3) is 0.579. The number of amides is 1. The number of hydrogen-bond acceptors (Lipinski definition) is 2. The van der Waals surface area contributed by atoms with Crippen LogP contribution >= 0.6 is 0 Å². The Labute approximate surface area is 137 Å². The van der Waals surface area contributed by atoms with Gasteiger partial charge in [0.1, 0.15) is 0 Å². The van der Waals surface area contributed by atoms with Crippen LogP contribution in [-0.2, 0) is 15.0 Å². The topological polar surface area (TPSA) is 57.6 Å². The van der Waals surface area contributed by atoms with Crippen LogP contribution in [0.15, 0.2) is 24.3 Å². The van der Waals surface area contributed by atoms with E-state index in [0.717, 1.165) is 24.0 Å². The van der Waals surface area contributed by atoms with Crippen LogP contribution in [0.3, 0.4) is 0 Å². The quantitative estimate of drug-likeness (QED) is 0.929. The molecule has 3 rings (SSSR count). The normalized spacial score (nSPS) is 25.7. The molecule has 1 unspecified atom stereocenters. The van der Waals surface area contributed by atoms with E-state index >= 15 is 0 Å². The van der Waals surface area contributed by atoms with E-state index in [0.29, 0.717) is 19.5 Å². The second-order valence-corrected chi connectivity index (χ2v) is 7.54. The predicted octanol–water partition coefficient (Wildman–Crippen LogP) is 2.99. The van der Waals surface area contributed by atoms with Crippen LogP contribution in [0, 0.1) is 18.3 Å². The number of nitrogens with zero attached hydrogens (tertiary/aromatic N) is 1. The van der Waals surface area contributed by atoms with E-state index in [9.17, 15) is 14.7 Å². The Morgan fingerprint density at radius 1 is 1.22 bits per heavy atom. The average molecular weight is 315 g/mol. The molecule has 1 aromatic carbocycles. The molecule has 124 valence electrons. The van der Waals surface area contributed by atoms with Crippen molar-refractivity contribution in [2.75, 3.05) is 13.1 Å². The number of rotatable bonds is 4. The van der Waals surface area contributed by atoms with Gasteiger partial charge in [-0.2, -0.15) is 0 Å². The first-order chi connectivity index (χ1) is 10.8. The maximum Gasteiger partial charge on any atom is 0.311 e. The molecule has 1 N–H and O–H groups in total. The second-order valence-electron chi connectivity index (χ2n) is 7.54. The predicted molar refractivity (Wildman–Crippen MR) is 88.2 cm³/mol. The van der Waals surface area contributed by atoms with E-state index < -0.39 is 16.8 Å². The molecular formula is C19H25NO3. The third-order valence-corrected chi connectivity index (χ3v) is 5.85. The van der Waals surface area contributed by atoms with Gasteiger partial charge in [0.05, 0.1) is 10.8 Å². The molecule has 23 heavy (non-hydrogen) atoms. The number of benzene rings is 1. The molecule has 1 aliphatic heterocycles. The van der Waals surface area contributed by atoms with Crippen molar-refractivity contribution in [1.82, 2.24) is 4.90 Å². The fourth-order valence-corrected chi connectivity index (χ4v) is 3.90. The Kier molecular flexibility index (Phi) is 3.74. The summed E-state index contributed by atoms with van der Waals surface area (Å²) < 4.78 is 0. The van der Waals surface area contributed by atoms with Crippen LogP contribution < -0.4 is 0 Å². The van der Waals surface area contributed by atoms with Crippen molar-refractivity contribution in [1.29, 1.82) is 0 Å². The molecule has 0 aromatic heterocycles. The summed E-state index contributed by atoms with van der Waals surface area (Å²) in [6.07, 6.45) is 2.29. The summed E-state index contributed by atoms with van der Waals surface area (Å²) in [7, 11) is 0. The van der Waals surface area contributed by atoms with E-state index in [1.54, 1.807) is 4.90 Å². The van der Waals surface area contributed by atoms with E-state index in [-0.39, 0.29) is 11.8 Å². The highest BCUT2D eigenvalue weighted by atomic mass is 16.4.